The molecule has 3 amide bonds. The van der Waals surface area contributed by atoms with Gasteiger partial charge >= 0.3 is 6.03 Å². The van der Waals surface area contributed by atoms with E-state index in [-0.39, 0.29) is 5.91 Å². The fourth-order valence-corrected chi connectivity index (χ4v) is 3.08. The van der Waals surface area contributed by atoms with Crippen molar-refractivity contribution in [2.75, 3.05) is 4.90 Å². The van der Waals surface area contributed by atoms with E-state index in [1.807, 2.05) is 37.3 Å². The molecule has 5 heteroatoms. The van der Waals surface area contributed by atoms with Crippen LogP contribution < -0.4 is 10.2 Å². The van der Waals surface area contributed by atoms with Gasteiger partial charge in [-0.15, -0.1) is 0 Å². The summed E-state index contributed by atoms with van der Waals surface area (Å²) < 4.78 is 0. The minimum Gasteiger partial charge on any atom is -0.319 e. The van der Waals surface area contributed by atoms with Gasteiger partial charge in [-0.3, -0.25) is 4.79 Å². The van der Waals surface area contributed by atoms with E-state index in [4.69, 9.17) is 6.57 Å². The molecule has 0 saturated carbocycles. The summed E-state index contributed by atoms with van der Waals surface area (Å²) >= 11 is 0. The topological polar surface area (TPSA) is 53.8 Å². The van der Waals surface area contributed by atoms with Gasteiger partial charge in [0.1, 0.15) is 5.54 Å². The third-order valence-electron chi connectivity index (χ3n) is 4.45. The van der Waals surface area contributed by atoms with Crippen LogP contribution in [-0.4, -0.2) is 11.9 Å². The van der Waals surface area contributed by atoms with Crippen LogP contribution in [0.5, 0.6) is 0 Å². The molecule has 1 unspecified atom stereocenters. The molecule has 120 valence electrons. The molecule has 0 aromatic heterocycles. The number of carbonyl (C=O) groups is 2. The second kappa shape index (κ2) is 5.82. The number of nitrogens with one attached hydrogen (secondary N) is 1. The predicted octanol–water partition coefficient (Wildman–Crippen LogP) is 3.91. The summed E-state index contributed by atoms with van der Waals surface area (Å²) in [6.07, 6.45) is 0.456. The number of imide groups is 1. The molecule has 1 aliphatic heterocycles. The Kier molecular flexibility index (Phi) is 3.82. The van der Waals surface area contributed by atoms with E-state index < -0.39 is 11.6 Å². The molecule has 0 bridgehead atoms. The highest BCUT2D eigenvalue weighted by atomic mass is 16.2. The molecular weight excluding hydrogens is 302 g/mol. The number of hydrogen-bond acceptors (Lipinski definition) is 2. The van der Waals surface area contributed by atoms with E-state index in [9.17, 15) is 9.59 Å². The lowest BCUT2D eigenvalue weighted by Crippen LogP contribution is -2.43. The van der Waals surface area contributed by atoms with Crippen LogP contribution in [0.25, 0.3) is 4.85 Å². The number of rotatable bonds is 3. The van der Waals surface area contributed by atoms with Crippen molar-refractivity contribution < 1.29 is 9.59 Å². The van der Waals surface area contributed by atoms with Crippen molar-refractivity contribution in [3.8, 4) is 0 Å². The Labute approximate surface area is 140 Å². The number of aryl methyl sites for hydroxylation is 1. The summed E-state index contributed by atoms with van der Waals surface area (Å²) in [5, 5.41) is 2.86. The van der Waals surface area contributed by atoms with Gasteiger partial charge in [-0.25, -0.2) is 14.5 Å². The van der Waals surface area contributed by atoms with Gasteiger partial charge in [0.15, 0.2) is 5.69 Å². The van der Waals surface area contributed by atoms with Crippen LogP contribution >= 0.6 is 0 Å². The number of urea groups is 1. The standard InChI is InChI=1S/C19H17N3O2/c1-4-19(14-8-6-5-7-9-14)17(23)22(18(24)21-19)15-10-11-16(20-3)13(2)12-15/h5-12H,4H2,1-2H3,(H,21,24). The average molecular weight is 319 g/mol. The zero-order valence-corrected chi connectivity index (χ0v) is 13.5. The van der Waals surface area contributed by atoms with Crippen molar-refractivity contribution >= 4 is 23.3 Å². The zero-order chi connectivity index (χ0) is 17.3. The van der Waals surface area contributed by atoms with Gasteiger partial charge in [-0.1, -0.05) is 43.3 Å². The SMILES string of the molecule is [C-]#[N+]c1ccc(N2C(=O)NC(CC)(c3ccccc3)C2=O)cc1C. The first-order valence-electron chi connectivity index (χ1n) is 7.74. The van der Waals surface area contributed by atoms with Gasteiger partial charge in [0.2, 0.25) is 0 Å². The molecule has 0 aliphatic carbocycles. The highest BCUT2D eigenvalue weighted by molar-refractivity contribution is 6.23. The van der Waals surface area contributed by atoms with Gasteiger partial charge < -0.3 is 5.32 Å². The molecule has 24 heavy (non-hydrogen) atoms. The van der Waals surface area contributed by atoms with Crippen LogP contribution in [0.15, 0.2) is 48.5 Å². The summed E-state index contributed by atoms with van der Waals surface area (Å²) in [6, 6.07) is 13.8. The number of benzene rings is 2. The molecule has 1 N–H and O–H groups in total. The molecule has 1 aliphatic rings. The Morgan fingerprint density at radius 3 is 2.46 bits per heavy atom. The highest BCUT2D eigenvalue weighted by Gasteiger charge is 2.51. The lowest BCUT2D eigenvalue weighted by molar-refractivity contribution is -0.122. The first-order chi connectivity index (χ1) is 11.5. The smallest absolute Gasteiger partial charge is 0.319 e. The Balaban J connectivity index is 2.06. The van der Waals surface area contributed by atoms with Gasteiger partial charge in [-0.05, 0) is 36.6 Å². The Morgan fingerprint density at radius 2 is 1.88 bits per heavy atom. The van der Waals surface area contributed by atoms with Crippen LogP contribution in [0, 0.1) is 13.5 Å². The molecule has 1 heterocycles. The second-order valence-electron chi connectivity index (χ2n) is 5.78. The predicted molar refractivity (Wildman–Crippen MR) is 91.9 cm³/mol. The van der Waals surface area contributed by atoms with Crippen molar-refractivity contribution in [1.29, 1.82) is 0 Å². The van der Waals surface area contributed by atoms with E-state index in [0.717, 1.165) is 16.0 Å². The van der Waals surface area contributed by atoms with Crippen LogP contribution in [0.4, 0.5) is 16.2 Å². The summed E-state index contributed by atoms with van der Waals surface area (Å²) in [7, 11) is 0. The van der Waals surface area contributed by atoms with Crippen molar-refractivity contribution in [1.82, 2.24) is 5.32 Å². The van der Waals surface area contributed by atoms with Crippen LogP contribution in [-0.2, 0) is 10.3 Å². The van der Waals surface area contributed by atoms with Crippen molar-refractivity contribution in [2.45, 2.75) is 25.8 Å². The monoisotopic (exact) mass is 319 g/mol. The average Bonchev–Trinajstić information content (AvgIpc) is 2.86. The molecule has 3 rings (SSSR count). The maximum atomic E-state index is 13.1. The Morgan fingerprint density at radius 1 is 1.17 bits per heavy atom. The highest BCUT2D eigenvalue weighted by Crippen LogP contribution is 2.36. The Bertz CT molecular complexity index is 855. The summed E-state index contributed by atoms with van der Waals surface area (Å²) in [5.74, 6) is -0.295. The molecular formula is C19H17N3O2. The minimum absolute atomic E-state index is 0.295. The molecule has 0 radical (unpaired) electrons. The van der Waals surface area contributed by atoms with E-state index in [2.05, 4.69) is 10.2 Å². The minimum atomic E-state index is -1.05. The lowest BCUT2D eigenvalue weighted by atomic mass is 9.87. The normalized spacial score (nSPS) is 20.0. The molecule has 0 spiro atoms. The van der Waals surface area contributed by atoms with Crippen LogP contribution in [0.2, 0.25) is 0 Å². The first kappa shape index (κ1) is 15.8. The third-order valence-corrected chi connectivity index (χ3v) is 4.45. The molecule has 1 saturated heterocycles. The summed E-state index contributed by atoms with van der Waals surface area (Å²) in [4.78, 5) is 30.2. The first-order valence-corrected chi connectivity index (χ1v) is 7.74. The number of hydrogen-bond donors (Lipinski definition) is 1. The molecule has 1 fully saturated rings. The summed E-state index contributed by atoms with van der Waals surface area (Å²) in [6.45, 7) is 10.8. The fourth-order valence-electron chi connectivity index (χ4n) is 3.08. The van der Waals surface area contributed by atoms with Gasteiger partial charge in [0.25, 0.3) is 5.91 Å². The molecule has 1 atom stereocenters. The van der Waals surface area contributed by atoms with Gasteiger partial charge in [0, 0.05) is 0 Å². The summed E-state index contributed by atoms with van der Waals surface area (Å²) in [5.41, 5.74) is 1.44. The van der Waals surface area contributed by atoms with Crippen LogP contribution in [0.1, 0.15) is 24.5 Å². The van der Waals surface area contributed by atoms with Crippen LogP contribution in [0.3, 0.4) is 0 Å². The number of amides is 3. The van der Waals surface area contributed by atoms with Gasteiger partial charge in [-0.2, -0.15) is 0 Å². The van der Waals surface area contributed by atoms with Crippen molar-refractivity contribution in [3.05, 3.63) is 71.1 Å². The quantitative estimate of drug-likeness (QED) is 0.689. The van der Waals surface area contributed by atoms with E-state index >= 15 is 0 Å². The van der Waals surface area contributed by atoms with E-state index in [1.54, 1.807) is 25.1 Å². The van der Waals surface area contributed by atoms with E-state index in [1.165, 1.54) is 0 Å². The van der Waals surface area contributed by atoms with Crippen molar-refractivity contribution in [2.24, 2.45) is 0 Å². The van der Waals surface area contributed by atoms with E-state index in [0.29, 0.717) is 17.8 Å². The number of anilines is 1. The molecule has 2 aromatic carbocycles. The Hall–Kier alpha value is -3.13. The third kappa shape index (κ3) is 2.24. The maximum Gasteiger partial charge on any atom is 0.329 e. The zero-order valence-electron chi connectivity index (χ0n) is 13.5. The van der Waals surface area contributed by atoms with Gasteiger partial charge in [0.05, 0.1) is 12.3 Å². The lowest BCUT2D eigenvalue weighted by Gasteiger charge is -2.25. The number of nitrogens with zero attached hydrogens (tertiary/aromatic N) is 2. The number of carbonyl (C=O) groups excluding carboxylic acids is 2. The fraction of sp³-hybridized carbons (Fsp3) is 0.211. The van der Waals surface area contributed by atoms with Crippen molar-refractivity contribution in [3.63, 3.8) is 0 Å². The maximum absolute atomic E-state index is 13.1. The molecule has 5 nitrogen and oxygen atoms in total. The second-order valence-corrected chi connectivity index (χ2v) is 5.78. The molecule has 2 aromatic rings. The largest absolute Gasteiger partial charge is 0.329 e.